The van der Waals surface area contributed by atoms with Crippen molar-refractivity contribution in [1.82, 2.24) is 4.90 Å². The molecule has 0 spiro atoms. The van der Waals surface area contributed by atoms with E-state index in [0.29, 0.717) is 6.54 Å². The van der Waals surface area contributed by atoms with E-state index in [0.717, 1.165) is 17.6 Å². The Morgan fingerprint density at radius 3 is 2.89 bits per heavy atom. The van der Waals surface area contributed by atoms with Gasteiger partial charge in [0.25, 0.3) is 0 Å². The minimum Gasteiger partial charge on any atom is -0.367 e. The van der Waals surface area contributed by atoms with Gasteiger partial charge in [-0.25, -0.2) is 0 Å². The van der Waals surface area contributed by atoms with Crippen molar-refractivity contribution in [2.75, 3.05) is 13.1 Å². The Kier molecular flexibility index (Phi) is 4.60. The van der Waals surface area contributed by atoms with Crippen LogP contribution in [-0.2, 0) is 16.1 Å². The number of hydrogen-bond acceptors (Lipinski definition) is 3. The summed E-state index contributed by atoms with van der Waals surface area (Å²) in [5.74, 6) is -0.389. The Morgan fingerprint density at radius 2 is 2.26 bits per heavy atom. The average molecular weight is 327 g/mol. The number of benzene rings is 1. The van der Waals surface area contributed by atoms with Crippen LogP contribution >= 0.6 is 15.9 Å². The molecule has 1 aromatic rings. The molecule has 2 rings (SSSR count). The number of rotatable bonds is 3. The molecule has 5 heteroatoms. The van der Waals surface area contributed by atoms with Gasteiger partial charge >= 0.3 is 0 Å². The molecule has 0 radical (unpaired) electrons. The lowest BCUT2D eigenvalue weighted by Crippen LogP contribution is -2.51. The average Bonchev–Trinajstić information content (AvgIpc) is 2.32. The Hall–Kier alpha value is -0.910. The van der Waals surface area contributed by atoms with E-state index in [1.54, 1.807) is 0 Å². The molecule has 104 valence electrons. The van der Waals surface area contributed by atoms with E-state index < -0.39 is 6.10 Å². The maximum absolute atomic E-state index is 11.3. The fourth-order valence-corrected chi connectivity index (χ4v) is 2.97. The molecule has 0 aliphatic carbocycles. The second-order valence-electron chi connectivity index (χ2n) is 5.13. The summed E-state index contributed by atoms with van der Waals surface area (Å²) in [4.78, 5) is 13.5. The molecule has 1 aliphatic heterocycles. The number of aryl methyl sites for hydroxylation is 1. The van der Waals surface area contributed by atoms with Crippen molar-refractivity contribution >= 4 is 21.8 Å². The van der Waals surface area contributed by atoms with Crippen LogP contribution < -0.4 is 5.73 Å². The number of amides is 1. The number of nitrogens with two attached hydrogens (primary N) is 1. The fourth-order valence-electron chi connectivity index (χ4n) is 2.35. The topological polar surface area (TPSA) is 55.6 Å². The molecule has 1 saturated heterocycles. The summed E-state index contributed by atoms with van der Waals surface area (Å²) < 4.78 is 6.64. The first kappa shape index (κ1) is 14.5. The Balaban J connectivity index is 2.07. The zero-order chi connectivity index (χ0) is 14.0. The molecule has 1 amide bonds. The van der Waals surface area contributed by atoms with Gasteiger partial charge in [-0.15, -0.1) is 0 Å². The molecule has 2 atom stereocenters. The number of morpholine rings is 1. The molecule has 4 nitrogen and oxygen atoms in total. The van der Waals surface area contributed by atoms with Gasteiger partial charge in [-0.2, -0.15) is 0 Å². The fraction of sp³-hybridized carbons (Fsp3) is 0.500. The Bertz CT molecular complexity index is 479. The summed E-state index contributed by atoms with van der Waals surface area (Å²) >= 11 is 3.58. The van der Waals surface area contributed by atoms with Crippen LogP contribution in [0.2, 0.25) is 0 Å². The molecule has 0 bridgehead atoms. The van der Waals surface area contributed by atoms with Gasteiger partial charge in [0.2, 0.25) is 5.91 Å². The third-order valence-electron chi connectivity index (χ3n) is 3.26. The van der Waals surface area contributed by atoms with Crippen molar-refractivity contribution in [3.05, 3.63) is 33.8 Å². The van der Waals surface area contributed by atoms with Gasteiger partial charge in [-0.3, -0.25) is 9.69 Å². The number of hydrogen-bond donors (Lipinski definition) is 1. The molecule has 0 unspecified atom stereocenters. The van der Waals surface area contributed by atoms with E-state index in [9.17, 15) is 4.79 Å². The lowest BCUT2D eigenvalue weighted by atomic mass is 10.1. The van der Waals surface area contributed by atoms with Crippen molar-refractivity contribution in [2.24, 2.45) is 5.73 Å². The second kappa shape index (κ2) is 6.03. The first-order valence-electron chi connectivity index (χ1n) is 6.38. The maximum atomic E-state index is 11.3. The van der Waals surface area contributed by atoms with Crippen LogP contribution in [0.4, 0.5) is 0 Å². The van der Waals surface area contributed by atoms with E-state index >= 15 is 0 Å². The molecule has 1 aromatic carbocycles. The van der Waals surface area contributed by atoms with E-state index in [4.69, 9.17) is 10.5 Å². The van der Waals surface area contributed by atoms with Gasteiger partial charge < -0.3 is 10.5 Å². The largest absolute Gasteiger partial charge is 0.367 e. The number of primary amides is 1. The van der Waals surface area contributed by atoms with Gasteiger partial charge in [-0.1, -0.05) is 28.1 Å². The lowest BCUT2D eigenvalue weighted by Gasteiger charge is -2.35. The first-order chi connectivity index (χ1) is 8.95. The Morgan fingerprint density at radius 1 is 1.53 bits per heavy atom. The molecular weight excluding hydrogens is 308 g/mol. The molecule has 19 heavy (non-hydrogen) atoms. The van der Waals surface area contributed by atoms with Crippen LogP contribution in [0.3, 0.4) is 0 Å². The smallest absolute Gasteiger partial charge is 0.247 e. The number of ether oxygens (including phenoxy) is 1. The number of carbonyl (C=O) groups excluding carboxylic acids is 1. The van der Waals surface area contributed by atoms with Gasteiger partial charge in [0.15, 0.2) is 0 Å². The zero-order valence-electron chi connectivity index (χ0n) is 11.2. The first-order valence-corrected chi connectivity index (χ1v) is 7.17. The molecule has 1 aliphatic rings. The van der Waals surface area contributed by atoms with Crippen LogP contribution in [0.1, 0.15) is 18.1 Å². The summed E-state index contributed by atoms with van der Waals surface area (Å²) in [6.07, 6.45) is -0.483. The summed E-state index contributed by atoms with van der Waals surface area (Å²) in [5, 5.41) is 0. The van der Waals surface area contributed by atoms with Crippen LogP contribution in [0.5, 0.6) is 0 Å². The van der Waals surface area contributed by atoms with Crippen LogP contribution in [-0.4, -0.2) is 36.1 Å². The van der Waals surface area contributed by atoms with Crippen LogP contribution in [0.25, 0.3) is 0 Å². The highest BCUT2D eigenvalue weighted by Gasteiger charge is 2.28. The SMILES string of the molecule is Cc1ccc(CN2C[C@@H](C)O[C@H](C(N)=O)C2)c(Br)c1. The minimum atomic E-state index is -0.507. The molecular formula is C14H19BrN2O2. The minimum absolute atomic E-state index is 0.0236. The van der Waals surface area contributed by atoms with E-state index in [-0.39, 0.29) is 12.0 Å². The highest BCUT2D eigenvalue weighted by molar-refractivity contribution is 9.10. The molecule has 2 N–H and O–H groups in total. The van der Waals surface area contributed by atoms with Gasteiger partial charge in [0.1, 0.15) is 6.10 Å². The quantitative estimate of drug-likeness (QED) is 0.922. The number of nitrogens with zero attached hydrogens (tertiary/aromatic N) is 1. The van der Waals surface area contributed by atoms with Crippen molar-refractivity contribution in [3.63, 3.8) is 0 Å². The standard InChI is InChI=1S/C14H19BrN2O2/c1-9-3-4-11(12(15)5-9)7-17-6-10(2)19-13(8-17)14(16)18/h3-5,10,13H,6-8H2,1-2H3,(H2,16,18)/t10-,13+/m1/s1. The zero-order valence-corrected chi connectivity index (χ0v) is 12.8. The van der Waals surface area contributed by atoms with E-state index in [1.807, 2.05) is 6.92 Å². The molecule has 0 aromatic heterocycles. The van der Waals surface area contributed by atoms with Crippen molar-refractivity contribution in [2.45, 2.75) is 32.6 Å². The second-order valence-corrected chi connectivity index (χ2v) is 5.98. The maximum Gasteiger partial charge on any atom is 0.247 e. The molecule has 1 fully saturated rings. The highest BCUT2D eigenvalue weighted by atomic mass is 79.9. The monoisotopic (exact) mass is 326 g/mol. The summed E-state index contributed by atoms with van der Waals surface area (Å²) in [6.45, 7) is 6.18. The highest BCUT2D eigenvalue weighted by Crippen LogP contribution is 2.22. The lowest BCUT2D eigenvalue weighted by molar-refractivity contribution is -0.142. The van der Waals surface area contributed by atoms with Crippen LogP contribution in [0.15, 0.2) is 22.7 Å². The molecule has 1 heterocycles. The predicted octanol–water partition coefficient (Wildman–Crippen LogP) is 1.83. The van der Waals surface area contributed by atoms with Crippen molar-refractivity contribution < 1.29 is 9.53 Å². The van der Waals surface area contributed by atoms with Crippen molar-refractivity contribution in [1.29, 1.82) is 0 Å². The number of carbonyl (C=O) groups is 1. The summed E-state index contributed by atoms with van der Waals surface area (Å²) in [7, 11) is 0. The summed E-state index contributed by atoms with van der Waals surface area (Å²) in [6, 6.07) is 6.30. The van der Waals surface area contributed by atoms with Gasteiger partial charge in [-0.05, 0) is 31.0 Å². The van der Waals surface area contributed by atoms with Crippen molar-refractivity contribution in [3.8, 4) is 0 Å². The van der Waals surface area contributed by atoms with Crippen LogP contribution in [0, 0.1) is 6.92 Å². The van der Waals surface area contributed by atoms with Gasteiger partial charge in [0.05, 0.1) is 6.10 Å². The number of halogens is 1. The Labute approximate surface area is 122 Å². The summed E-state index contributed by atoms with van der Waals surface area (Å²) in [5.41, 5.74) is 7.77. The molecule has 0 saturated carbocycles. The van der Waals surface area contributed by atoms with E-state index in [1.165, 1.54) is 11.1 Å². The third-order valence-corrected chi connectivity index (χ3v) is 3.99. The van der Waals surface area contributed by atoms with Gasteiger partial charge in [0, 0.05) is 24.1 Å². The normalized spacial score (nSPS) is 24.4. The van der Waals surface area contributed by atoms with E-state index in [2.05, 4.69) is 46.0 Å². The predicted molar refractivity (Wildman–Crippen MR) is 77.7 cm³/mol. The third kappa shape index (κ3) is 3.78.